The highest BCUT2D eigenvalue weighted by Crippen LogP contribution is 2.50. The van der Waals surface area contributed by atoms with Crippen LogP contribution in [-0.2, 0) is 22.3 Å². The number of fused-ring (bicyclic) bond motifs is 3. The van der Waals surface area contributed by atoms with Crippen molar-refractivity contribution in [3.05, 3.63) is 128 Å². The second kappa shape index (κ2) is 18.0. The molecule has 0 saturated carbocycles. The molecule has 0 amide bonds. The third-order valence-electron chi connectivity index (χ3n) is 12.0. The molecule has 2 aliphatic heterocycles. The number of hydrogen-bond donors (Lipinski definition) is 15. The smallest absolute Gasteiger partial charge is 0.343 e. The summed E-state index contributed by atoms with van der Waals surface area (Å²) in [7, 11) is 0. The maximum Gasteiger partial charge on any atom is 0.343 e. The fourth-order valence-corrected chi connectivity index (χ4v) is 8.50. The molecule has 0 aliphatic carbocycles. The van der Waals surface area contributed by atoms with E-state index in [1.54, 1.807) is 0 Å². The minimum atomic E-state index is -1.78. The number of phenolic OH excluding ortho intramolecular Hbond substituents is 14. The van der Waals surface area contributed by atoms with E-state index in [2.05, 4.69) is 0 Å². The third-order valence-corrected chi connectivity index (χ3v) is 12.0. The Balaban J connectivity index is 1.21. The molecule has 2 heterocycles. The maximum absolute atomic E-state index is 14.0. The molecule has 15 N–H and O–H groups in total. The molecule has 24 nitrogen and oxygen atoms in total. The average molecular weight is 1020 g/mol. The van der Waals surface area contributed by atoms with Gasteiger partial charge in [0.05, 0.1) is 22.1 Å². The van der Waals surface area contributed by atoms with Gasteiger partial charge in [-0.2, -0.15) is 0 Å². The highest BCUT2D eigenvalue weighted by atomic mass is 16.6. The van der Waals surface area contributed by atoms with Crippen LogP contribution in [0.25, 0.3) is 10.8 Å². The summed E-state index contributed by atoms with van der Waals surface area (Å²) < 4.78 is 29.7. The van der Waals surface area contributed by atoms with Crippen LogP contribution in [0.4, 0.5) is 0 Å². The maximum atomic E-state index is 14.0. The zero-order chi connectivity index (χ0) is 53.3. The fraction of sp³-hybridized carbons (Fsp3) is 0.120. The fourth-order valence-electron chi connectivity index (χ4n) is 8.50. The van der Waals surface area contributed by atoms with Gasteiger partial charge >= 0.3 is 17.9 Å². The average Bonchev–Trinajstić information content (AvgIpc) is 3.47. The number of carbonyl (C=O) groups excluding carboxylic acids is 3. The Morgan fingerprint density at radius 3 is 1.39 bits per heavy atom. The van der Waals surface area contributed by atoms with Crippen molar-refractivity contribution in [3.8, 4) is 103 Å². The van der Waals surface area contributed by atoms with Crippen LogP contribution < -0.4 is 19.6 Å². The molecular formula is C50H36O24. The summed E-state index contributed by atoms with van der Waals surface area (Å²) in [5, 5.41) is 156. The molecule has 380 valence electrons. The van der Waals surface area contributed by atoms with Crippen molar-refractivity contribution in [2.45, 2.75) is 37.3 Å². The van der Waals surface area contributed by atoms with Gasteiger partial charge in [0.25, 0.3) is 0 Å². The van der Waals surface area contributed by atoms with Gasteiger partial charge in [-0.1, -0.05) is 0 Å². The Kier molecular flexibility index (Phi) is 11.8. The van der Waals surface area contributed by atoms with Crippen LogP contribution in [0.15, 0.2) is 83.7 Å². The van der Waals surface area contributed by atoms with Gasteiger partial charge in [-0.05, 0) is 60.0 Å². The van der Waals surface area contributed by atoms with Crippen LogP contribution in [-0.4, -0.2) is 107 Å². The summed E-state index contributed by atoms with van der Waals surface area (Å²) in [6.07, 6.45) is -7.92. The van der Waals surface area contributed by atoms with E-state index in [0.717, 1.165) is 78.9 Å². The lowest BCUT2D eigenvalue weighted by Gasteiger charge is -2.35. The molecule has 0 saturated heterocycles. The lowest BCUT2D eigenvalue weighted by Crippen LogP contribution is -2.35. The number of esters is 3. The number of phenols is 14. The van der Waals surface area contributed by atoms with Gasteiger partial charge in [0.1, 0.15) is 46.7 Å². The van der Waals surface area contributed by atoms with Crippen molar-refractivity contribution in [2.75, 3.05) is 0 Å². The van der Waals surface area contributed by atoms with Gasteiger partial charge in [-0.15, -0.1) is 0 Å². The van der Waals surface area contributed by atoms with E-state index in [-0.39, 0.29) is 33.8 Å². The minimum absolute atomic E-state index is 0.0432. The number of hydrogen-bond acceptors (Lipinski definition) is 24. The quantitative estimate of drug-likeness (QED) is 0.0551. The van der Waals surface area contributed by atoms with Gasteiger partial charge < -0.3 is 100 Å². The SMILES string of the molecule is O=C(Oc1cc(O)cc2c1CC(OC(=O)c1cc(O)c(O)c(O)c1)C(c1cc(=O)c(O)c3c(O)c(O)cc(C4Oc5cc(O)cc(O)c5CC4OC(=O)c4cc(O)c(O)c(O)c4)c3c1)O2)c1cc(O)c(O)c(O)c1. The molecule has 0 aromatic heterocycles. The monoisotopic (exact) mass is 1020 g/mol. The third kappa shape index (κ3) is 8.62. The molecule has 4 unspecified atom stereocenters. The van der Waals surface area contributed by atoms with Gasteiger partial charge in [-0.3, -0.25) is 4.79 Å². The van der Waals surface area contributed by atoms with E-state index >= 15 is 0 Å². The minimum Gasteiger partial charge on any atom is -0.508 e. The lowest BCUT2D eigenvalue weighted by molar-refractivity contribution is -0.0194. The van der Waals surface area contributed by atoms with Gasteiger partial charge in [0, 0.05) is 59.4 Å². The summed E-state index contributed by atoms with van der Waals surface area (Å²) in [5.41, 5.74) is -3.72. The molecule has 0 radical (unpaired) electrons. The molecule has 4 atom stereocenters. The molecule has 0 bridgehead atoms. The first-order valence-electron chi connectivity index (χ1n) is 21.4. The number of rotatable bonds is 8. The number of benzene rings is 6. The Hall–Kier alpha value is -10.5. The lowest BCUT2D eigenvalue weighted by atomic mass is 9.89. The first-order chi connectivity index (χ1) is 35.0. The predicted octanol–water partition coefficient (Wildman–Crippen LogP) is 4.81. The standard InChI is InChI=1S/C50H36O24/c51-20-9-26(53)24-14-39(74-50(69)19-7-31(58)43(64)32(59)8-19)47(71-35(24)10-20)23-13-34(61)45(66)40-22(23)1-16(2-33(60)44(40)65)46-38(73-49(68)18-5-29(56)42(63)30(57)6-18)15-25-36(70-46)11-21(52)12-37(25)72-48(67)17-3-27(54)41(62)28(55)4-17/h1-13,38-39,46-47,51-59,61-64,66H,14-15H2,(H,60,65). The summed E-state index contributed by atoms with van der Waals surface area (Å²) in [6, 6.07) is 11.1. The molecule has 7 aromatic carbocycles. The normalized spacial score (nSPS) is 16.7. The van der Waals surface area contributed by atoms with E-state index in [0.29, 0.717) is 0 Å². The number of carbonyl (C=O) groups is 3. The van der Waals surface area contributed by atoms with Crippen LogP contribution in [0.1, 0.15) is 65.5 Å². The predicted molar refractivity (Wildman–Crippen MR) is 245 cm³/mol. The summed E-state index contributed by atoms with van der Waals surface area (Å²) >= 11 is 0. The van der Waals surface area contributed by atoms with Gasteiger partial charge in [0.15, 0.2) is 81.2 Å². The molecule has 0 fully saturated rings. The van der Waals surface area contributed by atoms with Crippen LogP contribution in [0.3, 0.4) is 0 Å². The molecular weight excluding hydrogens is 985 g/mol. The number of aromatic hydroxyl groups is 15. The van der Waals surface area contributed by atoms with Crippen LogP contribution in [0.2, 0.25) is 0 Å². The molecule has 74 heavy (non-hydrogen) atoms. The molecule has 24 heteroatoms. The van der Waals surface area contributed by atoms with Crippen molar-refractivity contribution in [1.29, 1.82) is 0 Å². The Labute approximate surface area is 411 Å². The summed E-state index contributed by atoms with van der Waals surface area (Å²) in [6.45, 7) is 0. The largest absolute Gasteiger partial charge is 0.508 e. The second-order valence-corrected chi connectivity index (χ2v) is 16.8. The summed E-state index contributed by atoms with van der Waals surface area (Å²) in [4.78, 5) is 55.0. The van der Waals surface area contributed by atoms with E-state index in [1.807, 2.05) is 0 Å². The number of ether oxygens (including phenoxy) is 5. The van der Waals surface area contributed by atoms with Gasteiger partial charge in [-0.25, -0.2) is 14.4 Å². The summed E-state index contributed by atoms with van der Waals surface area (Å²) in [5.74, 6) is -18.4. The highest BCUT2D eigenvalue weighted by molar-refractivity contribution is 5.98. The van der Waals surface area contributed by atoms with Crippen LogP contribution >= 0.6 is 0 Å². The van der Waals surface area contributed by atoms with E-state index < -0.39 is 180 Å². The molecule has 0 spiro atoms. The van der Waals surface area contributed by atoms with E-state index in [9.17, 15) is 95.8 Å². The highest BCUT2D eigenvalue weighted by Gasteiger charge is 2.41. The first-order valence-corrected chi connectivity index (χ1v) is 21.4. The Morgan fingerprint density at radius 1 is 0.432 bits per heavy atom. The van der Waals surface area contributed by atoms with Crippen molar-refractivity contribution in [3.63, 3.8) is 0 Å². The Bertz CT molecular complexity index is 3560. The van der Waals surface area contributed by atoms with E-state index in [4.69, 9.17) is 23.7 Å². The molecule has 7 aromatic rings. The van der Waals surface area contributed by atoms with Crippen molar-refractivity contribution < 1.29 is 115 Å². The van der Waals surface area contributed by atoms with Crippen molar-refractivity contribution in [1.82, 2.24) is 0 Å². The molecule has 9 rings (SSSR count). The van der Waals surface area contributed by atoms with Crippen LogP contribution in [0, 0.1) is 0 Å². The first kappa shape index (κ1) is 48.5. The zero-order valence-electron chi connectivity index (χ0n) is 37.1. The van der Waals surface area contributed by atoms with E-state index in [1.165, 1.54) is 0 Å². The zero-order valence-corrected chi connectivity index (χ0v) is 37.1. The van der Waals surface area contributed by atoms with Crippen molar-refractivity contribution >= 4 is 28.7 Å². The molecule has 2 aliphatic rings. The second-order valence-electron chi connectivity index (χ2n) is 16.8. The van der Waals surface area contributed by atoms with Crippen molar-refractivity contribution in [2.24, 2.45) is 0 Å². The van der Waals surface area contributed by atoms with Crippen LogP contribution in [0.5, 0.6) is 103 Å². The topological polar surface area (TPSA) is 418 Å². The Morgan fingerprint density at radius 2 is 0.865 bits per heavy atom. The van der Waals surface area contributed by atoms with Gasteiger partial charge in [0.2, 0.25) is 5.43 Å².